The smallest absolute Gasteiger partial charge is 0.274 e. The van der Waals surface area contributed by atoms with E-state index in [4.69, 9.17) is 4.42 Å². The highest BCUT2D eigenvalue weighted by molar-refractivity contribution is 9.11. The van der Waals surface area contributed by atoms with Gasteiger partial charge in [-0.25, -0.2) is 13.1 Å². The molecule has 0 spiro atoms. The standard InChI is InChI=1S/C12H15BrN2O3S2/c1-2-14-7-9-3-6-12(18-9)20(16,17)15-8-10-4-5-11(13)19-10/h3-6,14-15H,2,7-8H2,1H3. The molecule has 0 saturated heterocycles. The second kappa shape index (κ2) is 6.86. The first-order chi connectivity index (χ1) is 9.51. The van der Waals surface area contributed by atoms with Crippen molar-refractivity contribution in [2.24, 2.45) is 0 Å². The molecule has 0 fully saturated rings. The third-order valence-electron chi connectivity index (χ3n) is 2.52. The van der Waals surface area contributed by atoms with Crippen LogP contribution in [0.25, 0.3) is 0 Å². The first-order valence-corrected chi connectivity index (χ1v) is 9.14. The molecule has 20 heavy (non-hydrogen) atoms. The van der Waals surface area contributed by atoms with Crippen molar-refractivity contribution in [3.05, 3.63) is 38.7 Å². The van der Waals surface area contributed by atoms with Gasteiger partial charge < -0.3 is 9.73 Å². The molecule has 2 heterocycles. The van der Waals surface area contributed by atoms with Gasteiger partial charge in [-0.3, -0.25) is 0 Å². The van der Waals surface area contributed by atoms with E-state index >= 15 is 0 Å². The molecular weight excluding hydrogens is 364 g/mol. The van der Waals surface area contributed by atoms with Crippen LogP contribution in [0.5, 0.6) is 0 Å². The highest BCUT2D eigenvalue weighted by atomic mass is 79.9. The summed E-state index contributed by atoms with van der Waals surface area (Å²) in [6, 6.07) is 6.89. The monoisotopic (exact) mass is 378 g/mol. The van der Waals surface area contributed by atoms with E-state index < -0.39 is 10.0 Å². The Kier molecular flexibility index (Phi) is 5.39. The molecule has 0 saturated carbocycles. The Morgan fingerprint density at radius 3 is 2.70 bits per heavy atom. The van der Waals surface area contributed by atoms with Crippen LogP contribution < -0.4 is 10.0 Å². The molecule has 2 aromatic heterocycles. The van der Waals surface area contributed by atoms with E-state index in [0.717, 1.165) is 15.2 Å². The Morgan fingerprint density at radius 2 is 2.05 bits per heavy atom. The van der Waals surface area contributed by atoms with E-state index in [1.165, 1.54) is 17.4 Å². The first-order valence-electron chi connectivity index (χ1n) is 6.04. The van der Waals surface area contributed by atoms with Crippen molar-refractivity contribution in [1.82, 2.24) is 10.0 Å². The van der Waals surface area contributed by atoms with Gasteiger partial charge in [-0.1, -0.05) is 6.92 Å². The normalized spacial score (nSPS) is 11.9. The quantitative estimate of drug-likeness (QED) is 0.776. The van der Waals surface area contributed by atoms with Gasteiger partial charge in [0.2, 0.25) is 5.09 Å². The number of furan rings is 1. The average molecular weight is 379 g/mol. The number of hydrogen-bond donors (Lipinski definition) is 2. The summed E-state index contributed by atoms with van der Waals surface area (Å²) in [5.74, 6) is 0.603. The maximum absolute atomic E-state index is 12.1. The Bertz CT molecular complexity index is 664. The van der Waals surface area contributed by atoms with Crippen LogP contribution in [0.15, 0.2) is 37.6 Å². The van der Waals surface area contributed by atoms with Crippen LogP contribution >= 0.6 is 27.3 Å². The number of nitrogens with one attached hydrogen (secondary N) is 2. The van der Waals surface area contributed by atoms with Gasteiger partial charge in [0, 0.05) is 11.4 Å². The number of hydrogen-bond acceptors (Lipinski definition) is 5. The topological polar surface area (TPSA) is 71.3 Å². The second-order valence-electron chi connectivity index (χ2n) is 4.03. The molecule has 0 radical (unpaired) electrons. The summed E-state index contributed by atoms with van der Waals surface area (Å²) in [7, 11) is -3.61. The molecule has 0 bridgehead atoms. The van der Waals surface area contributed by atoms with Crippen molar-refractivity contribution in [1.29, 1.82) is 0 Å². The molecular formula is C12H15BrN2O3S2. The van der Waals surface area contributed by atoms with Crippen molar-refractivity contribution in [2.75, 3.05) is 6.54 Å². The lowest BCUT2D eigenvalue weighted by Gasteiger charge is -2.02. The Hall–Kier alpha value is -0.670. The maximum Gasteiger partial charge on any atom is 0.274 e. The van der Waals surface area contributed by atoms with Gasteiger partial charge in [-0.2, -0.15) is 0 Å². The Labute approximate surface area is 130 Å². The van der Waals surface area contributed by atoms with Gasteiger partial charge in [0.25, 0.3) is 10.0 Å². The molecule has 2 rings (SSSR count). The average Bonchev–Trinajstić information content (AvgIpc) is 3.03. The second-order valence-corrected chi connectivity index (χ2v) is 8.28. The summed E-state index contributed by atoms with van der Waals surface area (Å²) in [5, 5.41) is 3.02. The zero-order valence-electron chi connectivity index (χ0n) is 10.8. The van der Waals surface area contributed by atoms with Crippen molar-refractivity contribution in [2.45, 2.75) is 25.1 Å². The molecule has 8 heteroatoms. The molecule has 5 nitrogen and oxygen atoms in total. The fourth-order valence-electron chi connectivity index (χ4n) is 1.53. The largest absolute Gasteiger partial charge is 0.447 e. The summed E-state index contributed by atoms with van der Waals surface area (Å²) in [6.45, 7) is 3.54. The van der Waals surface area contributed by atoms with E-state index in [-0.39, 0.29) is 11.6 Å². The zero-order chi connectivity index (χ0) is 14.6. The summed E-state index contributed by atoms with van der Waals surface area (Å²) < 4.78 is 33.0. The predicted octanol–water partition coefficient (Wildman–Crippen LogP) is 2.69. The molecule has 2 aromatic rings. The molecule has 0 atom stereocenters. The van der Waals surface area contributed by atoms with Crippen molar-refractivity contribution >= 4 is 37.3 Å². The Balaban J connectivity index is 2.00. The van der Waals surface area contributed by atoms with Crippen molar-refractivity contribution in [3.63, 3.8) is 0 Å². The first kappa shape index (κ1) is 15.7. The van der Waals surface area contributed by atoms with Crippen LogP contribution in [-0.4, -0.2) is 15.0 Å². The number of halogens is 1. The highest BCUT2D eigenvalue weighted by Crippen LogP contribution is 2.22. The minimum absolute atomic E-state index is 0.0546. The van der Waals surface area contributed by atoms with Gasteiger partial charge in [-0.15, -0.1) is 11.3 Å². The zero-order valence-corrected chi connectivity index (χ0v) is 14.1. The van der Waals surface area contributed by atoms with Gasteiger partial charge in [-0.05, 0) is 46.7 Å². The molecule has 110 valence electrons. The summed E-state index contributed by atoms with van der Waals surface area (Å²) in [6.07, 6.45) is 0. The van der Waals surface area contributed by atoms with Gasteiger partial charge in [0.05, 0.1) is 10.3 Å². The fraction of sp³-hybridized carbons (Fsp3) is 0.333. The van der Waals surface area contributed by atoms with Crippen LogP contribution in [0.1, 0.15) is 17.6 Å². The van der Waals surface area contributed by atoms with E-state index in [0.29, 0.717) is 12.3 Å². The van der Waals surface area contributed by atoms with Crippen LogP contribution in [-0.2, 0) is 23.1 Å². The molecule has 0 aliphatic carbocycles. The summed E-state index contributed by atoms with van der Waals surface area (Å²) >= 11 is 4.83. The van der Waals surface area contributed by atoms with Crippen molar-refractivity contribution < 1.29 is 12.8 Å². The lowest BCUT2D eigenvalue weighted by atomic mass is 10.4. The van der Waals surface area contributed by atoms with Crippen LogP contribution in [0.2, 0.25) is 0 Å². The minimum Gasteiger partial charge on any atom is -0.447 e. The minimum atomic E-state index is -3.61. The number of thiophene rings is 1. The Morgan fingerprint density at radius 1 is 1.25 bits per heavy atom. The van der Waals surface area contributed by atoms with Crippen molar-refractivity contribution in [3.8, 4) is 0 Å². The molecule has 0 unspecified atom stereocenters. The van der Waals surface area contributed by atoms with Gasteiger partial charge in [0.1, 0.15) is 5.76 Å². The number of rotatable bonds is 7. The predicted molar refractivity (Wildman–Crippen MR) is 82.1 cm³/mol. The summed E-state index contributed by atoms with van der Waals surface area (Å²) in [5.41, 5.74) is 0. The number of sulfonamides is 1. The maximum atomic E-state index is 12.1. The molecule has 0 aliphatic heterocycles. The van der Waals surface area contributed by atoms with Crippen LogP contribution in [0.3, 0.4) is 0 Å². The van der Waals surface area contributed by atoms with E-state index in [1.807, 2.05) is 19.1 Å². The highest BCUT2D eigenvalue weighted by Gasteiger charge is 2.18. The molecule has 0 aliphatic rings. The molecule has 0 aromatic carbocycles. The SMILES string of the molecule is CCNCc1ccc(S(=O)(=O)NCc2ccc(Br)s2)o1. The van der Waals surface area contributed by atoms with E-state index in [1.54, 1.807) is 6.07 Å². The third-order valence-corrected chi connectivity index (χ3v) is 5.41. The van der Waals surface area contributed by atoms with E-state index in [2.05, 4.69) is 26.0 Å². The van der Waals surface area contributed by atoms with Crippen LogP contribution in [0.4, 0.5) is 0 Å². The molecule has 2 N–H and O–H groups in total. The lowest BCUT2D eigenvalue weighted by Crippen LogP contribution is -2.22. The van der Waals surface area contributed by atoms with Gasteiger partial charge >= 0.3 is 0 Å². The third kappa shape index (κ3) is 4.16. The fourth-order valence-corrected chi connectivity index (χ4v) is 4.00. The van der Waals surface area contributed by atoms with Crippen LogP contribution in [0, 0.1) is 0 Å². The van der Waals surface area contributed by atoms with Gasteiger partial charge in [0.15, 0.2) is 0 Å². The van der Waals surface area contributed by atoms with E-state index in [9.17, 15) is 8.42 Å². The molecule has 0 amide bonds. The lowest BCUT2D eigenvalue weighted by molar-refractivity contribution is 0.401. The summed E-state index contributed by atoms with van der Waals surface area (Å²) in [4.78, 5) is 0.930.